The second-order valence-electron chi connectivity index (χ2n) is 3.74. The van der Waals surface area contributed by atoms with Gasteiger partial charge in [0.2, 0.25) is 0 Å². The van der Waals surface area contributed by atoms with E-state index >= 15 is 0 Å². The fraction of sp³-hybridized carbons (Fsp3) is 0.385. The number of rotatable bonds is 6. The lowest BCUT2D eigenvalue weighted by Gasteiger charge is -2.15. The average Bonchev–Trinajstić information content (AvgIpc) is 2.44. The fourth-order valence-electron chi connectivity index (χ4n) is 1.30. The molecule has 0 amide bonds. The second-order valence-corrected chi connectivity index (χ2v) is 3.74. The van der Waals surface area contributed by atoms with Gasteiger partial charge in [-0.25, -0.2) is 9.59 Å². The van der Waals surface area contributed by atoms with E-state index in [0.717, 1.165) is 5.56 Å². The molecular weight excluding hydrogens is 252 g/mol. The van der Waals surface area contributed by atoms with Gasteiger partial charge in [0.05, 0.1) is 6.61 Å². The zero-order valence-corrected chi connectivity index (χ0v) is 10.5. The first-order valence-electron chi connectivity index (χ1n) is 5.79. The Bertz CT molecular complexity index is 416. The molecule has 0 aliphatic heterocycles. The Kier molecular flexibility index (Phi) is 5.98. The minimum atomic E-state index is -1.96. The van der Waals surface area contributed by atoms with Crippen molar-refractivity contribution in [3.05, 3.63) is 35.9 Å². The number of esters is 2. The minimum Gasteiger partial charge on any atom is -0.464 e. The molecule has 1 aromatic carbocycles. The van der Waals surface area contributed by atoms with Gasteiger partial charge in [-0.3, -0.25) is 0 Å². The van der Waals surface area contributed by atoms with E-state index in [1.165, 1.54) is 0 Å². The lowest BCUT2D eigenvalue weighted by atomic mass is 10.2. The summed E-state index contributed by atoms with van der Waals surface area (Å²) in [4.78, 5) is 22.5. The van der Waals surface area contributed by atoms with Gasteiger partial charge in [-0.2, -0.15) is 0 Å². The van der Waals surface area contributed by atoms with E-state index in [1.807, 2.05) is 6.07 Å². The van der Waals surface area contributed by atoms with E-state index in [2.05, 4.69) is 4.74 Å². The van der Waals surface area contributed by atoms with Crippen LogP contribution in [0.1, 0.15) is 12.5 Å². The molecule has 0 bridgehead atoms. The summed E-state index contributed by atoms with van der Waals surface area (Å²) in [6.07, 6.45) is -3.90. The zero-order valence-electron chi connectivity index (χ0n) is 10.5. The number of aliphatic hydroxyl groups is 2. The summed E-state index contributed by atoms with van der Waals surface area (Å²) in [6.45, 7) is 1.54. The highest BCUT2D eigenvalue weighted by molar-refractivity contribution is 5.85. The van der Waals surface area contributed by atoms with Crippen LogP contribution in [0, 0.1) is 0 Å². The highest BCUT2D eigenvalue weighted by Crippen LogP contribution is 2.04. The number of ether oxygens (including phenoxy) is 2. The molecule has 1 aromatic rings. The molecule has 0 fully saturated rings. The second kappa shape index (κ2) is 7.50. The van der Waals surface area contributed by atoms with Gasteiger partial charge < -0.3 is 19.7 Å². The van der Waals surface area contributed by atoms with Crippen molar-refractivity contribution in [3.63, 3.8) is 0 Å². The molecule has 0 aliphatic carbocycles. The Morgan fingerprint density at radius 2 is 1.58 bits per heavy atom. The van der Waals surface area contributed by atoms with Crippen molar-refractivity contribution < 1.29 is 29.3 Å². The molecule has 0 aliphatic rings. The first-order chi connectivity index (χ1) is 9.06. The normalized spacial score (nSPS) is 13.4. The SMILES string of the molecule is CCOC(=O)[C@H](O)[C@@H](O)C(=O)OCc1ccccc1. The maximum absolute atomic E-state index is 11.4. The largest absolute Gasteiger partial charge is 0.464 e. The molecule has 0 aromatic heterocycles. The van der Waals surface area contributed by atoms with Crippen molar-refractivity contribution in [2.24, 2.45) is 0 Å². The summed E-state index contributed by atoms with van der Waals surface area (Å²) in [5, 5.41) is 18.8. The van der Waals surface area contributed by atoms with E-state index in [0.29, 0.717) is 0 Å². The van der Waals surface area contributed by atoms with Gasteiger partial charge in [0.25, 0.3) is 0 Å². The molecule has 0 unspecified atom stereocenters. The minimum absolute atomic E-state index is 0.0433. The molecular formula is C13H16O6. The molecule has 2 N–H and O–H groups in total. The molecule has 0 saturated carbocycles. The highest BCUT2D eigenvalue weighted by atomic mass is 16.6. The Balaban J connectivity index is 2.46. The molecule has 1 rings (SSSR count). The summed E-state index contributed by atoms with van der Waals surface area (Å²) < 4.78 is 9.26. The van der Waals surface area contributed by atoms with Crippen LogP contribution >= 0.6 is 0 Å². The third-order valence-electron chi connectivity index (χ3n) is 2.29. The highest BCUT2D eigenvalue weighted by Gasteiger charge is 2.32. The van der Waals surface area contributed by atoms with Crippen molar-refractivity contribution in [2.45, 2.75) is 25.7 Å². The summed E-state index contributed by atoms with van der Waals surface area (Å²) in [7, 11) is 0. The van der Waals surface area contributed by atoms with Crippen molar-refractivity contribution >= 4 is 11.9 Å². The van der Waals surface area contributed by atoms with Crippen LogP contribution < -0.4 is 0 Å². The Hall–Kier alpha value is -1.92. The molecule has 2 atom stereocenters. The Morgan fingerprint density at radius 3 is 2.11 bits per heavy atom. The number of carbonyl (C=O) groups is 2. The van der Waals surface area contributed by atoms with E-state index in [1.54, 1.807) is 31.2 Å². The lowest BCUT2D eigenvalue weighted by Crippen LogP contribution is -2.41. The van der Waals surface area contributed by atoms with E-state index in [4.69, 9.17) is 4.74 Å². The Morgan fingerprint density at radius 1 is 1.05 bits per heavy atom. The number of aliphatic hydroxyl groups excluding tert-OH is 2. The number of carbonyl (C=O) groups excluding carboxylic acids is 2. The van der Waals surface area contributed by atoms with Gasteiger partial charge in [0.15, 0.2) is 12.2 Å². The van der Waals surface area contributed by atoms with Gasteiger partial charge in [-0.05, 0) is 12.5 Å². The summed E-state index contributed by atoms with van der Waals surface area (Å²) >= 11 is 0. The molecule has 19 heavy (non-hydrogen) atoms. The van der Waals surface area contributed by atoms with Crippen LogP contribution in [0.5, 0.6) is 0 Å². The third kappa shape index (κ3) is 4.69. The van der Waals surface area contributed by atoms with Crippen molar-refractivity contribution in [2.75, 3.05) is 6.61 Å². The standard InChI is InChI=1S/C13H16O6/c1-2-18-12(16)10(14)11(15)13(17)19-8-9-6-4-3-5-7-9/h3-7,10-11,14-15H,2,8H2,1H3/t10-,11-/m1/s1. The van der Waals surface area contributed by atoms with Gasteiger partial charge in [-0.15, -0.1) is 0 Å². The monoisotopic (exact) mass is 268 g/mol. The summed E-state index contributed by atoms with van der Waals surface area (Å²) in [6, 6.07) is 8.83. The average molecular weight is 268 g/mol. The predicted molar refractivity (Wildman–Crippen MR) is 64.9 cm³/mol. The van der Waals surface area contributed by atoms with Crippen LogP contribution in [0.4, 0.5) is 0 Å². The molecule has 0 radical (unpaired) electrons. The number of benzene rings is 1. The maximum atomic E-state index is 11.4. The van der Waals surface area contributed by atoms with Crippen molar-refractivity contribution in [3.8, 4) is 0 Å². The quantitative estimate of drug-likeness (QED) is 0.706. The van der Waals surface area contributed by atoms with Crippen molar-refractivity contribution in [1.82, 2.24) is 0 Å². The number of hydrogen-bond acceptors (Lipinski definition) is 6. The maximum Gasteiger partial charge on any atom is 0.338 e. The lowest BCUT2D eigenvalue weighted by molar-refractivity contribution is -0.173. The molecule has 6 heteroatoms. The van der Waals surface area contributed by atoms with Crippen LogP contribution in [0.25, 0.3) is 0 Å². The van der Waals surface area contributed by atoms with Crippen LogP contribution in [0.3, 0.4) is 0 Å². The third-order valence-corrected chi connectivity index (χ3v) is 2.29. The Labute approximate surface area is 110 Å². The van der Waals surface area contributed by atoms with Crippen LogP contribution in [0.2, 0.25) is 0 Å². The summed E-state index contributed by atoms with van der Waals surface area (Å²) in [5.41, 5.74) is 0.730. The molecule has 0 saturated heterocycles. The molecule has 0 heterocycles. The first kappa shape index (κ1) is 15.1. The van der Waals surface area contributed by atoms with Crippen LogP contribution in [0.15, 0.2) is 30.3 Å². The van der Waals surface area contributed by atoms with Crippen LogP contribution in [-0.4, -0.2) is 41.0 Å². The molecule has 104 valence electrons. The zero-order chi connectivity index (χ0) is 14.3. The predicted octanol–water partition coefficient (Wildman–Crippen LogP) is 0.0147. The van der Waals surface area contributed by atoms with E-state index in [-0.39, 0.29) is 13.2 Å². The molecule has 0 spiro atoms. The smallest absolute Gasteiger partial charge is 0.338 e. The van der Waals surface area contributed by atoms with Gasteiger partial charge >= 0.3 is 11.9 Å². The van der Waals surface area contributed by atoms with Gasteiger partial charge in [0, 0.05) is 0 Å². The number of hydrogen-bond donors (Lipinski definition) is 2. The topological polar surface area (TPSA) is 93.1 Å². The van der Waals surface area contributed by atoms with Gasteiger partial charge in [0.1, 0.15) is 6.61 Å². The summed E-state index contributed by atoms with van der Waals surface area (Å²) in [5.74, 6) is -2.14. The van der Waals surface area contributed by atoms with Crippen molar-refractivity contribution in [1.29, 1.82) is 0 Å². The van der Waals surface area contributed by atoms with Crippen LogP contribution in [-0.2, 0) is 25.7 Å². The first-order valence-corrected chi connectivity index (χ1v) is 5.79. The molecule has 6 nitrogen and oxygen atoms in total. The van der Waals surface area contributed by atoms with E-state index < -0.39 is 24.1 Å². The fourth-order valence-corrected chi connectivity index (χ4v) is 1.30. The van der Waals surface area contributed by atoms with Gasteiger partial charge in [-0.1, -0.05) is 30.3 Å². The van der Waals surface area contributed by atoms with E-state index in [9.17, 15) is 19.8 Å².